The molecular formula is C15H21N3O2. The maximum absolute atomic E-state index is 12.3. The van der Waals surface area contributed by atoms with Crippen molar-refractivity contribution in [1.29, 1.82) is 0 Å². The predicted octanol–water partition coefficient (Wildman–Crippen LogP) is 1.53. The van der Waals surface area contributed by atoms with Gasteiger partial charge in [0.2, 0.25) is 11.8 Å². The normalized spacial score (nSPS) is 13.8. The molecule has 1 aromatic rings. The van der Waals surface area contributed by atoms with Crippen molar-refractivity contribution in [3.8, 4) is 0 Å². The SMILES string of the molecule is CNCCC(=O)N1CCCc2c(NC(C)=O)cccc21. The number of hydrogen-bond acceptors (Lipinski definition) is 3. The molecule has 0 saturated heterocycles. The van der Waals surface area contributed by atoms with E-state index in [9.17, 15) is 9.59 Å². The lowest BCUT2D eigenvalue weighted by Crippen LogP contribution is -2.37. The van der Waals surface area contributed by atoms with Gasteiger partial charge >= 0.3 is 0 Å². The van der Waals surface area contributed by atoms with E-state index in [4.69, 9.17) is 0 Å². The molecule has 2 rings (SSSR count). The zero-order valence-electron chi connectivity index (χ0n) is 12.0. The monoisotopic (exact) mass is 275 g/mol. The van der Waals surface area contributed by atoms with Crippen LogP contribution >= 0.6 is 0 Å². The van der Waals surface area contributed by atoms with E-state index in [2.05, 4.69) is 10.6 Å². The van der Waals surface area contributed by atoms with Crippen molar-refractivity contribution < 1.29 is 9.59 Å². The Morgan fingerprint density at radius 2 is 2.15 bits per heavy atom. The quantitative estimate of drug-likeness (QED) is 0.876. The first-order valence-corrected chi connectivity index (χ1v) is 6.98. The Morgan fingerprint density at radius 1 is 1.35 bits per heavy atom. The van der Waals surface area contributed by atoms with Gasteiger partial charge in [-0.3, -0.25) is 9.59 Å². The molecule has 20 heavy (non-hydrogen) atoms. The van der Waals surface area contributed by atoms with Crippen molar-refractivity contribution in [3.63, 3.8) is 0 Å². The number of carbonyl (C=O) groups excluding carboxylic acids is 2. The molecule has 0 aromatic heterocycles. The van der Waals surface area contributed by atoms with E-state index in [1.165, 1.54) is 6.92 Å². The fraction of sp³-hybridized carbons (Fsp3) is 0.467. The van der Waals surface area contributed by atoms with Crippen LogP contribution in [0.25, 0.3) is 0 Å². The molecule has 0 fully saturated rings. The highest BCUT2D eigenvalue weighted by molar-refractivity contribution is 5.97. The fourth-order valence-corrected chi connectivity index (χ4v) is 2.56. The lowest BCUT2D eigenvalue weighted by molar-refractivity contribution is -0.118. The Kier molecular flexibility index (Phi) is 4.74. The van der Waals surface area contributed by atoms with Crippen LogP contribution in [0.4, 0.5) is 11.4 Å². The first kappa shape index (κ1) is 14.5. The van der Waals surface area contributed by atoms with Crippen LogP contribution in [0, 0.1) is 0 Å². The standard InChI is InChI=1S/C15H21N3O2/c1-11(19)17-13-6-3-7-14-12(13)5-4-10-18(14)15(20)8-9-16-2/h3,6-7,16H,4-5,8-10H2,1-2H3,(H,17,19). The minimum Gasteiger partial charge on any atom is -0.326 e. The second-order valence-electron chi connectivity index (χ2n) is 4.99. The number of rotatable bonds is 4. The first-order valence-electron chi connectivity index (χ1n) is 6.98. The molecule has 1 aliphatic rings. The summed E-state index contributed by atoms with van der Waals surface area (Å²) in [6.07, 6.45) is 2.30. The number of anilines is 2. The third kappa shape index (κ3) is 3.17. The Hall–Kier alpha value is -1.88. The minimum absolute atomic E-state index is 0.0861. The van der Waals surface area contributed by atoms with Gasteiger partial charge in [0.05, 0.1) is 0 Å². The molecule has 1 aliphatic heterocycles. The number of fused-ring (bicyclic) bond motifs is 1. The van der Waals surface area contributed by atoms with Crippen molar-refractivity contribution in [2.24, 2.45) is 0 Å². The highest BCUT2D eigenvalue weighted by atomic mass is 16.2. The van der Waals surface area contributed by atoms with Crippen LogP contribution in [-0.4, -0.2) is 32.0 Å². The van der Waals surface area contributed by atoms with Crippen molar-refractivity contribution in [1.82, 2.24) is 5.32 Å². The number of amides is 2. The van der Waals surface area contributed by atoms with Crippen LogP contribution in [0.5, 0.6) is 0 Å². The summed E-state index contributed by atoms with van der Waals surface area (Å²) >= 11 is 0. The van der Waals surface area contributed by atoms with Gasteiger partial charge in [-0.1, -0.05) is 6.07 Å². The molecule has 1 aromatic carbocycles. The zero-order valence-corrected chi connectivity index (χ0v) is 12.0. The molecule has 0 unspecified atom stereocenters. The minimum atomic E-state index is -0.0861. The van der Waals surface area contributed by atoms with Gasteiger partial charge in [0.1, 0.15) is 0 Å². The van der Waals surface area contributed by atoms with Gasteiger partial charge in [-0.25, -0.2) is 0 Å². The predicted molar refractivity (Wildman–Crippen MR) is 80.0 cm³/mol. The van der Waals surface area contributed by atoms with Crippen LogP contribution in [-0.2, 0) is 16.0 Å². The van der Waals surface area contributed by atoms with Gasteiger partial charge in [0, 0.05) is 37.8 Å². The molecule has 0 atom stereocenters. The van der Waals surface area contributed by atoms with Crippen molar-refractivity contribution in [2.75, 3.05) is 30.4 Å². The highest BCUT2D eigenvalue weighted by Crippen LogP contribution is 2.33. The van der Waals surface area contributed by atoms with Gasteiger partial charge in [-0.2, -0.15) is 0 Å². The molecule has 1 heterocycles. The summed E-state index contributed by atoms with van der Waals surface area (Å²) < 4.78 is 0. The van der Waals surface area contributed by atoms with E-state index in [0.29, 0.717) is 13.0 Å². The number of carbonyl (C=O) groups is 2. The number of hydrogen-bond donors (Lipinski definition) is 2. The number of nitrogens with one attached hydrogen (secondary N) is 2. The number of benzene rings is 1. The van der Waals surface area contributed by atoms with E-state index in [1.54, 1.807) is 0 Å². The molecular weight excluding hydrogens is 254 g/mol. The third-order valence-corrected chi connectivity index (χ3v) is 3.45. The smallest absolute Gasteiger partial charge is 0.228 e. The van der Waals surface area contributed by atoms with E-state index >= 15 is 0 Å². The molecule has 0 spiro atoms. The van der Waals surface area contributed by atoms with E-state index in [1.807, 2.05) is 30.1 Å². The van der Waals surface area contributed by atoms with Gasteiger partial charge in [-0.05, 0) is 37.6 Å². The second-order valence-corrected chi connectivity index (χ2v) is 4.99. The summed E-state index contributed by atoms with van der Waals surface area (Å²) in [4.78, 5) is 25.3. The van der Waals surface area contributed by atoms with Crippen molar-refractivity contribution in [2.45, 2.75) is 26.2 Å². The second kappa shape index (κ2) is 6.52. The van der Waals surface area contributed by atoms with Gasteiger partial charge < -0.3 is 15.5 Å². The number of nitrogens with zero attached hydrogens (tertiary/aromatic N) is 1. The van der Waals surface area contributed by atoms with Crippen LogP contribution in [0.2, 0.25) is 0 Å². The van der Waals surface area contributed by atoms with E-state index in [0.717, 1.165) is 36.3 Å². The van der Waals surface area contributed by atoms with Crippen LogP contribution in [0.1, 0.15) is 25.3 Å². The van der Waals surface area contributed by atoms with Crippen LogP contribution in [0.15, 0.2) is 18.2 Å². The average molecular weight is 275 g/mol. The van der Waals surface area contributed by atoms with E-state index < -0.39 is 0 Å². The molecule has 0 radical (unpaired) electrons. The van der Waals surface area contributed by atoms with Crippen LogP contribution in [0.3, 0.4) is 0 Å². The molecule has 2 N–H and O–H groups in total. The highest BCUT2D eigenvalue weighted by Gasteiger charge is 2.23. The first-order chi connectivity index (χ1) is 9.63. The largest absolute Gasteiger partial charge is 0.326 e. The molecule has 5 nitrogen and oxygen atoms in total. The summed E-state index contributed by atoms with van der Waals surface area (Å²) in [5.41, 5.74) is 2.82. The molecule has 108 valence electrons. The summed E-state index contributed by atoms with van der Waals surface area (Å²) in [5.74, 6) is 0.0392. The van der Waals surface area contributed by atoms with Crippen molar-refractivity contribution >= 4 is 23.2 Å². The lowest BCUT2D eigenvalue weighted by Gasteiger charge is -2.31. The Bertz CT molecular complexity index is 514. The fourth-order valence-electron chi connectivity index (χ4n) is 2.56. The van der Waals surface area contributed by atoms with Gasteiger partial charge in [0.25, 0.3) is 0 Å². The lowest BCUT2D eigenvalue weighted by atomic mass is 9.99. The summed E-state index contributed by atoms with van der Waals surface area (Å²) in [7, 11) is 1.84. The molecule has 5 heteroatoms. The topological polar surface area (TPSA) is 61.4 Å². The van der Waals surface area contributed by atoms with Gasteiger partial charge in [0.15, 0.2) is 0 Å². The van der Waals surface area contributed by atoms with E-state index in [-0.39, 0.29) is 11.8 Å². The molecule has 0 saturated carbocycles. The summed E-state index contributed by atoms with van der Waals surface area (Å²) in [5, 5.41) is 5.84. The summed E-state index contributed by atoms with van der Waals surface area (Å²) in [6, 6.07) is 5.73. The molecule has 0 aliphatic carbocycles. The summed E-state index contributed by atoms with van der Waals surface area (Å²) in [6.45, 7) is 2.92. The third-order valence-electron chi connectivity index (χ3n) is 3.45. The zero-order chi connectivity index (χ0) is 14.5. The van der Waals surface area contributed by atoms with Crippen LogP contribution < -0.4 is 15.5 Å². The van der Waals surface area contributed by atoms with Crippen molar-refractivity contribution in [3.05, 3.63) is 23.8 Å². The Labute approximate surface area is 119 Å². The molecule has 0 bridgehead atoms. The molecule has 2 amide bonds. The Morgan fingerprint density at radius 3 is 2.85 bits per heavy atom. The Balaban J connectivity index is 2.27. The average Bonchev–Trinajstić information content (AvgIpc) is 2.44. The maximum atomic E-state index is 12.3. The van der Waals surface area contributed by atoms with Gasteiger partial charge in [-0.15, -0.1) is 0 Å². The maximum Gasteiger partial charge on any atom is 0.228 e.